The molecule has 1 atom stereocenters. The van der Waals surface area contributed by atoms with Gasteiger partial charge in [0.1, 0.15) is 5.69 Å². The Balaban J connectivity index is 1.55. The highest BCUT2D eigenvalue weighted by atomic mass is 32.2. The Labute approximate surface area is 131 Å². The summed E-state index contributed by atoms with van der Waals surface area (Å²) in [5.41, 5.74) is 0.811. The van der Waals surface area contributed by atoms with Crippen LogP contribution in [0.25, 0.3) is 0 Å². The highest BCUT2D eigenvalue weighted by Crippen LogP contribution is 2.29. The summed E-state index contributed by atoms with van der Waals surface area (Å²) in [7, 11) is -3.18. The van der Waals surface area contributed by atoms with Gasteiger partial charge in [-0.25, -0.2) is 13.1 Å². The van der Waals surface area contributed by atoms with Crippen molar-refractivity contribution < 1.29 is 13.2 Å². The van der Waals surface area contributed by atoms with Crippen molar-refractivity contribution in [1.82, 2.24) is 19.3 Å². The van der Waals surface area contributed by atoms with Crippen LogP contribution in [0.1, 0.15) is 44.8 Å². The topological polar surface area (TPSA) is 77.3 Å². The highest BCUT2D eigenvalue weighted by Gasteiger charge is 2.34. The van der Waals surface area contributed by atoms with E-state index in [9.17, 15) is 8.42 Å². The number of hydrogen-bond acceptors (Lipinski definition) is 5. The van der Waals surface area contributed by atoms with Crippen LogP contribution >= 0.6 is 0 Å². The van der Waals surface area contributed by atoms with Crippen LogP contribution in [-0.2, 0) is 21.4 Å². The zero-order valence-corrected chi connectivity index (χ0v) is 14.0. The zero-order valence-electron chi connectivity index (χ0n) is 13.2. The van der Waals surface area contributed by atoms with Crippen LogP contribution in [-0.4, -0.2) is 52.7 Å². The first-order valence-corrected chi connectivity index (χ1v) is 9.44. The molecule has 2 fully saturated rings. The van der Waals surface area contributed by atoms with Gasteiger partial charge in [-0.1, -0.05) is 5.21 Å². The van der Waals surface area contributed by atoms with Crippen molar-refractivity contribution in [1.29, 1.82) is 0 Å². The standard InChI is InChI=1S/C14H24N4O3S/c1-11(2)22(19,20)17-6-5-14(8-17)18-7-13(15-16-18)10-21-9-12-3-4-12/h7,11-12,14H,3-6,8-10H2,1-2H3. The van der Waals surface area contributed by atoms with Crippen LogP contribution in [0.3, 0.4) is 0 Å². The second kappa shape index (κ2) is 6.25. The van der Waals surface area contributed by atoms with Crippen LogP contribution in [0, 0.1) is 5.92 Å². The van der Waals surface area contributed by atoms with Crippen molar-refractivity contribution in [3.8, 4) is 0 Å². The van der Waals surface area contributed by atoms with E-state index in [0.717, 1.165) is 24.6 Å². The molecule has 1 saturated carbocycles. The molecule has 1 aliphatic carbocycles. The van der Waals surface area contributed by atoms with Gasteiger partial charge in [0.2, 0.25) is 10.0 Å². The van der Waals surface area contributed by atoms with Gasteiger partial charge in [-0.15, -0.1) is 5.10 Å². The molecule has 1 unspecified atom stereocenters. The van der Waals surface area contributed by atoms with Gasteiger partial charge in [0.15, 0.2) is 0 Å². The number of nitrogens with zero attached hydrogens (tertiary/aromatic N) is 4. The quantitative estimate of drug-likeness (QED) is 0.751. The van der Waals surface area contributed by atoms with Gasteiger partial charge >= 0.3 is 0 Å². The lowest BCUT2D eigenvalue weighted by Gasteiger charge is -2.18. The molecule has 2 heterocycles. The van der Waals surface area contributed by atoms with Crippen molar-refractivity contribution in [2.24, 2.45) is 5.92 Å². The second-order valence-corrected chi connectivity index (χ2v) is 9.03. The highest BCUT2D eigenvalue weighted by molar-refractivity contribution is 7.89. The summed E-state index contributed by atoms with van der Waals surface area (Å²) in [5, 5.41) is 7.88. The fraction of sp³-hybridized carbons (Fsp3) is 0.857. The molecular weight excluding hydrogens is 304 g/mol. The lowest BCUT2D eigenvalue weighted by molar-refractivity contribution is 0.108. The first kappa shape index (κ1) is 15.9. The Hall–Kier alpha value is -0.990. The van der Waals surface area contributed by atoms with Crippen LogP contribution in [0.15, 0.2) is 6.20 Å². The van der Waals surface area contributed by atoms with E-state index in [1.165, 1.54) is 12.8 Å². The minimum atomic E-state index is -3.18. The molecule has 0 bridgehead atoms. The summed E-state index contributed by atoms with van der Waals surface area (Å²) in [6.07, 6.45) is 5.20. The van der Waals surface area contributed by atoms with Crippen LogP contribution < -0.4 is 0 Å². The molecule has 3 rings (SSSR count). The minimum Gasteiger partial charge on any atom is -0.375 e. The minimum absolute atomic E-state index is 0.0678. The molecule has 1 aromatic heterocycles. The van der Waals surface area contributed by atoms with Gasteiger partial charge < -0.3 is 4.74 Å². The number of sulfonamides is 1. The van der Waals surface area contributed by atoms with Crippen LogP contribution in [0.4, 0.5) is 0 Å². The predicted octanol–water partition coefficient (Wildman–Crippen LogP) is 1.19. The number of ether oxygens (including phenoxy) is 1. The SMILES string of the molecule is CC(C)S(=O)(=O)N1CCC(n2cc(COCC3CC3)nn2)C1. The normalized spacial score (nSPS) is 23.5. The summed E-state index contributed by atoms with van der Waals surface area (Å²) >= 11 is 0. The Bertz CT molecular complexity index is 609. The predicted molar refractivity (Wildman–Crippen MR) is 81.7 cm³/mol. The lowest BCUT2D eigenvalue weighted by Crippen LogP contribution is -2.34. The molecule has 124 valence electrons. The van der Waals surface area contributed by atoms with E-state index in [1.54, 1.807) is 22.8 Å². The van der Waals surface area contributed by atoms with Crippen molar-refractivity contribution in [2.45, 2.75) is 51.0 Å². The molecule has 8 heteroatoms. The fourth-order valence-corrected chi connectivity index (χ4v) is 3.96. The lowest BCUT2D eigenvalue weighted by atomic mass is 10.3. The van der Waals surface area contributed by atoms with Crippen molar-refractivity contribution >= 4 is 10.0 Å². The molecule has 2 aliphatic rings. The summed E-state index contributed by atoms with van der Waals surface area (Å²) in [6, 6.07) is 0.0678. The largest absolute Gasteiger partial charge is 0.375 e. The van der Waals surface area contributed by atoms with E-state index in [0.29, 0.717) is 19.7 Å². The van der Waals surface area contributed by atoms with Gasteiger partial charge in [0, 0.05) is 19.7 Å². The Morgan fingerprint density at radius 1 is 1.36 bits per heavy atom. The zero-order chi connectivity index (χ0) is 15.7. The van der Waals surface area contributed by atoms with E-state index in [-0.39, 0.29) is 11.3 Å². The van der Waals surface area contributed by atoms with Gasteiger partial charge in [-0.05, 0) is 39.0 Å². The molecule has 0 amide bonds. The first-order valence-electron chi connectivity index (χ1n) is 7.94. The number of aromatic nitrogens is 3. The number of rotatable bonds is 7. The van der Waals surface area contributed by atoms with E-state index in [4.69, 9.17) is 4.74 Å². The molecule has 1 saturated heterocycles. The van der Waals surface area contributed by atoms with Crippen LogP contribution in [0.5, 0.6) is 0 Å². The van der Waals surface area contributed by atoms with Gasteiger partial charge in [-0.3, -0.25) is 0 Å². The van der Waals surface area contributed by atoms with E-state index < -0.39 is 10.0 Å². The van der Waals surface area contributed by atoms with E-state index >= 15 is 0 Å². The molecule has 1 aromatic rings. The smallest absolute Gasteiger partial charge is 0.216 e. The average molecular weight is 328 g/mol. The molecule has 0 N–H and O–H groups in total. The van der Waals surface area contributed by atoms with E-state index in [1.807, 2.05) is 6.20 Å². The molecule has 1 aliphatic heterocycles. The van der Waals surface area contributed by atoms with Gasteiger partial charge in [0.25, 0.3) is 0 Å². The van der Waals surface area contributed by atoms with Crippen molar-refractivity contribution in [2.75, 3.05) is 19.7 Å². The summed E-state index contributed by atoms with van der Waals surface area (Å²) in [4.78, 5) is 0. The summed E-state index contributed by atoms with van der Waals surface area (Å²) in [5.74, 6) is 0.736. The maximum atomic E-state index is 12.2. The second-order valence-electron chi connectivity index (χ2n) is 6.54. The fourth-order valence-electron chi connectivity index (χ4n) is 2.63. The van der Waals surface area contributed by atoms with Crippen molar-refractivity contribution in [3.05, 3.63) is 11.9 Å². The first-order chi connectivity index (χ1) is 10.5. The molecular formula is C14H24N4O3S. The summed E-state index contributed by atoms with van der Waals surface area (Å²) < 4.78 is 33.3. The van der Waals surface area contributed by atoms with Gasteiger partial charge in [0.05, 0.1) is 24.1 Å². The Morgan fingerprint density at radius 3 is 2.82 bits per heavy atom. The maximum Gasteiger partial charge on any atom is 0.216 e. The molecule has 0 spiro atoms. The van der Waals surface area contributed by atoms with Gasteiger partial charge in [-0.2, -0.15) is 4.31 Å². The maximum absolute atomic E-state index is 12.2. The third-order valence-electron chi connectivity index (χ3n) is 4.31. The Morgan fingerprint density at radius 2 is 2.14 bits per heavy atom. The summed E-state index contributed by atoms with van der Waals surface area (Å²) in [6.45, 7) is 5.75. The monoisotopic (exact) mass is 328 g/mol. The van der Waals surface area contributed by atoms with Crippen LogP contribution in [0.2, 0.25) is 0 Å². The molecule has 22 heavy (non-hydrogen) atoms. The van der Waals surface area contributed by atoms with Crippen molar-refractivity contribution in [3.63, 3.8) is 0 Å². The molecule has 7 nitrogen and oxygen atoms in total. The number of hydrogen-bond donors (Lipinski definition) is 0. The Kier molecular flexibility index (Phi) is 4.52. The molecule has 0 radical (unpaired) electrons. The molecule has 0 aromatic carbocycles. The average Bonchev–Trinajstić information content (AvgIpc) is 2.98. The van der Waals surface area contributed by atoms with E-state index in [2.05, 4.69) is 10.3 Å². The third-order valence-corrected chi connectivity index (χ3v) is 6.56. The third kappa shape index (κ3) is 3.49.